The van der Waals surface area contributed by atoms with E-state index < -0.39 is 0 Å². The van der Waals surface area contributed by atoms with Crippen LogP contribution in [0.2, 0.25) is 0 Å². The molecule has 0 aliphatic rings. The van der Waals surface area contributed by atoms with Crippen LogP contribution in [-0.4, -0.2) is 38.7 Å². The lowest BCUT2D eigenvalue weighted by Crippen LogP contribution is -2.16. The summed E-state index contributed by atoms with van der Waals surface area (Å²) >= 11 is 0. The molecule has 2 rings (SSSR count). The van der Waals surface area contributed by atoms with E-state index in [4.69, 9.17) is 4.42 Å². The van der Waals surface area contributed by atoms with Crippen LogP contribution in [0.5, 0.6) is 0 Å². The molecule has 0 atom stereocenters. The summed E-state index contributed by atoms with van der Waals surface area (Å²) in [5, 5.41) is 21.3. The van der Waals surface area contributed by atoms with Crippen LogP contribution in [0, 0.1) is 0 Å². The van der Waals surface area contributed by atoms with Gasteiger partial charge in [0.25, 0.3) is 5.89 Å². The highest BCUT2D eigenvalue weighted by Gasteiger charge is 2.10. The first-order valence-electron chi connectivity index (χ1n) is 5.79. The second-order valence-electron chi connectivity index (χ2n) is 3.71. The Morgan fingerprint density at radius 3 is 3.06 bits per heavy atom. The molecule has 7 heteroatoms. The molecule has 0 aliphatic heterocycles. The normalized spacial score (nSPS) is 10.9. The molecule has 2 N–H and O–H groups in total. The van der Waals surface area contributed by atoms with Gasteiger partial charge in [0.1, 0.15) is 0 Å². The van der Waals surface area contributed by atoms with E-state index in [0.717, 1.165) is 32.4 Å². The van der Waals surface area contributed by atoms with Crippen LogP contribution in [-0.2, 0) is 6.42 Å². The van der Waals surface area contributed by atoms with Crippen LogP contribution in [0.1, 0.15) is 25.7 Å². The van der Waals surface area contributed by atoms with Crippen molar-refractivity contribution < 1.29 is 4.42 Å². The summed E-state index contributed by atoms with van der Waals surface area (Å²) in [5.74, 6) is 1.05. The third-order valence-electron chi connectivity index (χ3n) is 2.27. The Balaban J connectivity index is 1.79. The Morgan fingerprint density at radius 1 is 1.35 bits per heavy atom. The minimum Gasteiger partial charge on any atom is -0.419 e. The first-order chi connectivity index (χ1) is 8.40. The maximum atomic E-state index is 5.46. The molecule has 0 spiro atoms. The summed E-state index contributed by atoms with van der Waals surface area (Å²) in [4.78, 5) is 0. The second kappa shape index (κ2) is 6.09. The lowest BCUT2D eigenvalue weighted by Gasteiger charge is -1.99. The topological polar surface area (TPSA) is 92.5 Å². The predicted octanol–water partition coefficient (Wildman–Crippen LogP) is 0.787. The molecule has 2 aromatic heterocycles. The molecule has 0 aromatic carbocycles. The van der Waals surface area contributed by atoms with E-state index in [2.05, 4.69) is 37.8 Å². The molecule has 0 saturated heterocycles. The monoisotopic (exact) mass is 236 g/mol. The molecule has 0 unspecified atom stereocenters. The maximum absolute atomic E-state index is 5.46. The van der Waals surface area contributed by atoms with E-state index >= 15 is 0 Å². The van der Waals surface area contributed by atoms with Crippen LogP contribution in [0.15, 0.2) is 10.6 Å². The molecule has 0 bridgehead atoms. The zero-order chi connectivity index (χ0) is 11.9. The van der Waals surface area contributed by atoms with Gasteiger partial charge in [0, 0.05) is 6.42 Å². The quantitative estimate of drug-likeness (QED) is 0.690. The molecule has 0 saturated carbocycles. The fourth-order valence-electron chi connectivity index (χ4n) is 1.43. The summed E-state index contributed by atoms with van der Waals surface area (Å²) in [7, 11) is 0. The van der Waals surface area contributed by atoms with Gasteiger partial charge < -0.3 is 9.73 Å². The van der Waals surface area contributed by atoms with Gasteiger partial charge in [-0.25, -0.2) is 0 Å². The summed E-state index contributed by atoms with van der Waals surface area (Å²) in [6.07, 6.45) is 4.47. The minimum absolute atomic E-state index is 0.412. The smallest absolute Gasteiger partial charge is 0.269 e. The lowest BCUT2D eigenvalue weighted by atomic mass is 10.3. The van der Waals surface area contributed by atoms with Crippen LogP contribution in [0.25, 0.3) is 11.6 Å². The first-order valence-corrected chi connectivity index (χ1v) is 5.79. The molecule has 0 fully saturated rings. The molecule has 2 heterocycles. The number of hydrogen-bond acceptors (Lipinski definition) is 6. The molecule has 0 radical (unpaired) electrons. The highest BCUT2D eigenvalue weighted by atomic mass is 16.4. The molecule has 0 amide bonds. The van der Waals surface area contributed by atoms with E-state index in [1.165, 1.54) is 0 Å². The summed E-state index contributed by atoms with van der Waals surface area (Å²) in [6, 6.07) is 0. The van der Waals surface area contributed by atoms with Gasteiger partial charge in [0.2, 0.25) is 5.89 Å². The predicted molar refractivity (Wildman–Crippen MR) is 61.2 cm³/mol. The zero-order valence-corrected chi connectivity index (χ0v) is 9.81. The number of H-pyrrole nitrogens is 1. The molecule has 7 nitrogen and oxygen atoms in total. The van der Waals surface area contributed by atoms with Crippen molar-refractivity contribution in [3.8, 4) is 11.6 Å². The largest absolute Gasteiger partial charge is 0.419 e. The van der Waals surface area contributed by atoms with Gasteiger partial charge in [-0.3, -0.25) is 0 Å². The number of nitrogens with zero attached hydrogens (tertiary/aromatic N) is 4. The minimum atomic E-state index is 0.412. The van der Waals surface area contributed by atoms with Gasteiger partial charge in [0.05, 0.1) is 6.20 Å². The van der Waals surface area contributed by atoms with E-state index in [-0.39, 0.29) is 0 Å². The first kappa shape index (κ1) is 11.7. The van der Waals surface area contributed by atoms with Crippen LogP contribution in [0.3, 0.4) is 0 Å². The van der Waals surface area contributed by atoms with Gasteiger partial charge >= 0.3 is 0 Å². The average molecular weight is 236 g/mol. The highest BCUT2D eigenvalue weighted by Crippen LogP contribution is 2.13. The van der Waals surface area contributed by atoms with Crippen molar-refractivity contribution in [1.82, 2.24) is 30.9 Å². The van der Waals surface area contributed by atoms with Crippen molar-refractivity contribution in [3.63, 3.8) is 0 Å². The third kappa shape index (κ3) is 3.35. The fraction of sp³-hybridized carbons (Fsp3) is 0.600. The molecular formula is C10H16N6O. The van der Waals surface area contributed by atoms with Crippen LogP contribution >= 0.6 is 0 Å². The number of aromatic amines is 1. The van der Waals surface area contributed by atoms with E-state index in [0.29, 0.717) is 17.5 Å². The second-order valence-corrected chi connectivity index (χ2v) is 3.71. The average Bonchev–Trinajstić information content (AvgIpc) is 2.99. The van der Waals surface area contributed by atoms with Crippen LogP contribution < -0.4 is 5.32 Å². The Morgan fingerprint density at radius 2 is 2.29 bits per heavy atom. The summed E-state index contributed by atoms with van der Waals surface area (Å²) in [6.45, 7) is 4.17. The Hall–Kier alpha value is -1.76. The van der Waals surface area contributed by atoms with Crippen molar-refractivity contribution in [2.75, 3.05) is 13.1 Å². The van der Waals surface area contributed by atoms with Crippen molar-refractivity contribution in [1.29, 1.82) is 0 Å². The third-order valence-corrected chi connectivity index (χ3v) is 2.27. The van der Waals surface area contributed by atoms with Gasteiger partial charge in [0.15, 0.2) is 5.69 Å². The Kier molecular flexibility index (Phi) is 4.20. The Bertz CT molecular complexity index is 424. The molecule has 0 aliphatic carbocycles. The number of hydrogen-bond donors (Lipinski definition) is 2. The molecular weight excluding hydrogens is 220 g/mol. The van der Waals surface area contributed by atoms with Crippen molar-refractivity contribution in [2.45, 2.75) is 26.2 Å². The Labute approximate surface area is 99.0 Å². The van der Waals surface area contributed by atoms with Crippen LogP contribution in [0.4, 0.5) is 0 Å². The number of rotatable bonds is 7. The molecule has 92 valence electrons. The standard InChI is InChI=1S/C10H16N6O/c1-2-5-11-6-3-4-9-14-15-10(17-9)8-7-12-16-13-8/h7,11H,2-6H2,1H3,(H,12,13,16). The van der Waals surface area contributed by atoms with Crippen molar-refractivity contribution in [3.05, 3.63) is 12.1 Å². The number of aromatic nitrogens is 5. The van der Waals surface area contributed by atoms with Crippen molar-refractivity contribution in [2.24, 2.45) is 0 Å². The van der Waals surface area contributed by atoms with Gasteiger partial charge in [-0.05, 0) is 25.9 Å². The van der Waals surface area contributed by atoms with Gasteiger partial charge in [-0.1, -0.05) is 6.92 Å². The maximum Gasteiger partial charge on any atom is 0.269 e. The number of aryl methyl sites for hydroxylation is 1. The van der Waals surface area contributed by atoms with E-state index in [9.17, 15) is 0 Å². The molecule has 2 aromatic rings. The SMILES string of the molecule is CCCNCCCc1nnc(-c2cn[nH]n2)o1. The number of nitrogens with one attached hydrogen (secondary N) is 2. The summed E-state index contributed by atoms with van der Waals surface area (Å²) < 4.78 is 5.46. The summed E-state index contributed by atoms with van der Waals surface area (Å²) in [5.41, 5.74) is 0.577. The van der Waals surface area contributed by atoms with Gasteiger partial charge in [-0.2, -0.15) is 15.4 Å². The van der Waals surface area contributed by atoms with E-state index in [1.807, 2.05) is 0 Å². The zero-order valence-electron chi connectivity index (χ0n) is 9.81. The van der Waals surface area contributed by atoms with Crippen molar-refractivity contribution >= 4 is 0 Å². The van der Waals surface area contributed by atoms with E-state index in [1.54, 1.807) is 6.20 Å². The van der Waals surface area contributed by atoms with Gasteiger partial charge in [-0.15, -0.1) is 10.2 Å². The molecule has 17 heavy (non-hydrogen) atoms. The lowest BCUT2D eigenvalue weighted by molar-refractivity contribution is 0.490. The fourth-order valence-corrected chi connectivity index (χ4v) is 1.43. The highest BCUT2D eigenvalue weighted by molar-refractivity contribution is 5.42.